The van der Waals surface area contributed by atoms with Crippen molar-refractivity contribution in [3.05, 3.63) is 36.5 Å². The molecule has 0 aliphatic heterocycles. The summed E-state index contributed by atoms with van der Waals surface area (Å²) in [5.41, 5.74) is 3.72. The van der Waals surface area contributed by atoms with Crippen LogP contribution in [0.3, 0.4) is 0 Å². The molecule has 0 unspecified atom stereocenters. The normalized spacial score (nSPS) is 16.4. The second kappa shape index (κ2) is 5.24. The number of fused-ring (bicyclic) bond motifs is 1. The first-order valence-corrected chi connectivity index (χ1v) is 7.53. The third-order valence-electron chi connectivity index (χ3n) is 4.24. The van der Waals surface area contributed by atoms with Crippen molar-refractivity contribution < 1.29 is 0 Å². The van der Waals surface area contributed by atoms with Crippen LogP contribution in [0, 0.1) is 0 Å². The molecule has 1 aliphatic carbocycles. The lowest BCUT2D eigenvalue weighted by molar-refractivity contribution is 0.429. The zero-order chi connectivity index (χ0) is 14.1. The van der Waals surface area contributed by atoms with Gasteiger partial charge in [0.2, 0.25) is 0 Å². The molecule has 0 saturated heterocycles. The van der Waals surface area contributed by atoms with Crippen molar-refractivity contribution in [2.24, 2.45) is 0 Å². The summed E-state index contributed by atoms with van der Waals surface area (Å²) >= 11 is 0. The Kier molecular flexibility index (Phi) is 3.10. The summed E-state index contributed by atoms with van der Waals surface area (Å²) in [6.07, 6.45) is 11.7. The SMILES string of the molecule is c1cc(-c2n[nH]c3cnc(C4CCCCC4)nc23)ccn1. The summed E-state index contributed by atoms with van der Waals surface area (Å²) in [5, 5.41) is 7.42. The van der Waals surface area contributed by atoms with Crippen LogP contribution in [-0.4, -0.2) is 25.1 Å². The maximum atomic E-state index is 4.81. The van der Waals surface area contributed by atoms with Crippen LogP contribution in [0.15, 0.2) is 30.7 Å². The predicted octanol–water partition coefficient (Wildman–Crippen LogP) is 3.46. The molecule has 1 saturated carbocycles. The molecular formula is C16H17N5. The Bertz CT molecular complexity index is 744. The Hall–Kier alpha value is -2.30. The molecule has 0 bridgehead atoms. The highest BCUT2D eigenvalue weighted by Crippen LogP contribution is 2.32. The molecule has 0 amide bonds. The minimum absolute atomic E-state index is 0.503. The van der Waals surface area contributed by atoms with Gasteiger partial charge in [-0.3, -0.25) is 10.1 Å². The van der Waals surface area contributed by atoms with E-state index in [0.29, 0.717) is 5.92 Å². The van der Waals surface area contributed by atoms with E-state index in [1.54, 1.807) is 12.4 Å². The molecule has 106 valence electrons. The van der Waals surface area contributed by atoms with Gasteiger partial charge in [0.15, 0.2) is 0 Å². The minimum atomic E-state index is 0.503. The molecule has 0 spiro atoms. The fourth-order valence-corrected chi connectivity index (χ4v) is 3.10. The third-order valence-corrected chi connectivity index (χ3v) is 4.24. The van der Waals surface area contributed by atoms with Gasteiger partial charge in [0.25, 0.3) is 0 Å². The number of nitrogens with zero attached hydrogens (tertiary/aromatic N) is 4. The molecule has 1 N–H and O–H groups in total. The fourth-order valence-electron chi connectivity index (χ4n) is 3.10. The summed E-state index contributed by atoms with van der Waals surface area (Å²) in [4.78, 5) is 13.4. The summed E-state index contributed by atoms with van der Waals surface area (Å²) in [6.45, 7) is 0. The maximum absolute atomic E-state index is 4.81. The van der Waals surface area contributed by atoms with Crippen molar-refractivity contribution in [2.45, 2.75) is 38.0 Å². The third kappa shape index (κ3) is 2.28. The molecule has 0 atom stereocenters. The van der Waals surface area contributed by atoms with Gasteiger partial charge in [0.1, 0.15) is 22.6 Å². The van der Waals surface area contributed by atoms with E-state index in [4.69, 9.17) is 4.98 Å². The lowest BCUT2D eigenvalue weighted by Crippen LogP contribution is -2.08. The average molecular weight is 279 g/mol. The second-order valence-electron chi connectivity index (χ2n) is 5.63. The predicted molar refractivity (Wildman–Crippen MR) is 80.7 cm³/mol. The first-order chi connectivity index (χ1) is 10.4. The Morgan fingerprint density at radius 3 is 2.67 bits per heavy atom. The zero-order valence-corrected chi connectivity index (χ0v) is 11.8. The van der Waals surface area contributed by atoms with Crippen LogP contribution < -0.4 is 0 Å². The van der Waals surface area contributed by atoms with E-state index in [1.807, 2.05) is 18.3 Å². The molecular weight excluding hydrogens is 262 g/mol. The zero-order valence-electron chi connectivity index (χ0n) is 11.8. The van der Waals surface area contributed by atoms with Crippen molar-refractivity contribution in [3.8, 4) is 11.3 Å². The minimum Gasteiger partial charge on any atom is -0.274 e. The van der Waals surface area contributed by atoms with Gasteiger partial charge in [-0.25, -0.2) is 9.97 Å². The van der Waals surface area contributed by atoms with Crippen molar-refractivity contribution in [3.63, 3.8) is 0 Å². The highest BCUT2D eigenvalue weighted by molar-refractivity contribution is 5.88. The highest BCUT2D eigenvalue weighted by Gasteiger charge is 2.19. The molecule has 1 aliphatic rings. The molecule has 4 rings (SSSR count). The first-order valence-electron chi connectivity index (χ1n) is 7.53. The van der Waals surface area contributed by atoms with E-state index < -0.39 is 0 Å². The Morgan fingerprint density at radius 2 is 1.86 bits per heavy atom. The molecule has 3 aromatic heterocycles. The number of rotatable bonds is 2. The Labute approximate surface area is 122 Å². The standard InChI is InChI=1S/C16H17N5/c1-2-4-12(5-3-1)16-18-10-13-15(19-16)14(21-20-13)11-6-8-17-9-7-11/h6-10,12H,1-5H2,(H,20,21). The van der Waals surface area contributed by atoms with Gasteiger partial charge in [0.05, 0.1) is 6.20 Å². The Balaban J connectivity index is 1.79. The molecule has 3 heterocycles. The molecule has 21 heavy (non-hydrogen) atoms. The topological polar surface area (TPSA) is 67.3 Å². The van der Waals surface area contributed by atoms with Crippen LogP contribution in [0.25, 0.3) is 22.3 Å². The van der Waals surface area contributed by atoms with Crippen LogP contribution >= 0.6 is 0 Å². The van der Waals surface area contributed by atoms with Gasteiger partial charge in [0, 0.05) is 23.9 Å². The molecule has 0 aromatic carbocycles. The van der Waals surface area contributed by atoms with E-state index in [1.165, 1.54) is 32.1 Å². The lowest BCUT2D eigenvalue weighted by atomic mass is 9.88. The van der Waals surface area contributed by atoms with Crippen molar-refractivity contribution in [1.29, 1.82) is 0 Å². The van der Waals surface area contributed by atoms with Crippen molar-refractivity contribution in [2.75, 3.05) is 0 Å². The molecule has 5 nitrogen and oxygen atoms in total. The Morgan fingerprint density at radius 1 is 1.05 bits per heavy atom. The van der Waals surface area contributed by atoms with E-state index in [2.05, 4.69) is 20.2 Å². The van der Waals surface area contributed by atoms with Crippen LogP contribution in [0.4, 0.5) is 0 Å². The van der Waals surface area contributed by atoms with E-state index >= 15 is 0 Å². The first kappa shape index (κ1) is 12.4. The number of aromatic nitrogens is 5. The van der Waals surface area contributed by atoms with E-state index in [-0.39, 0.29) is 0 Å². The maximum Gasteiger partial charge on any atom is 0.132 e. The molecule has 3 aromatic rings. The number of nitrogens with one attached hydrogen (secondary N) is 1. The molecule has 5 heteroatoms. The number of hydrogen-bond donors (Lipinski definition) is 1. The quantitative estimate of drug-likeness (QED) is 0.780. The smallest absolute Gasteiger partial charge is 0.132 e. The summed E-state index contributed by atoms with van der Waals surface area (Å²) in [7, 11) is 0. The van der Waals surface area contributed by atoms with Crippen LogP contribution in [0.2, 0.25) is 0 Å². The van der Waals surface area contributed by atoms with Crippen molar-refractivity contribution in [1.82, 2.24) is 25.1 Å². The lowest BCUT2D eigenvalue weighted by Gasteiger charge is -2.19. The second-order valence-corrected chi connectivity index (χ2v) is 5.63. The number of pyridine rings is 1. The fraction of sp³-hybridized carbons (Fsp3) is 0.375. The molecule has 1 fully saturated rings. The van der Waals surface area contributed by atoms with Gasteiger partial charge in [-0.15, -0.1) is 0 Å². The summed E-state index contributed by atoms with van der Waals surface area (Å²) in [6, 6.07) is 3.91. The van der Waals surface area contributed by atoms with Crippen LogP contribution in [-0.2, 0) is 0 Å². The summed E-state index contributed by atoms with van der Waals surface area (Å²) < 4.78 is 0. The van der Waals surface area contributed by atoms with Crippen molar-refractivity contribution >= 4 is 11.0 Å². The monoisotopic (exact) mass is 279 g/mol. The van der Waals surface area contributed by atoms with Crippen LogP contribution in [0.1, 0.15) is 43.8 Å². The van der Waals surface area contributed by atoms with Gasteiger partial charge in [-0.05, 0) is 25.0 Å². The van der Waals surface area contributed by atoms with E-state index in [9.17, 15) is 0 Å². The average Bonchev–Trinajstić information content (AvgIpc) is 2.99. The summed E-state index contributed by atoms with van der Waals surface area (Å²) in [5.74, 6) is 1.47. The van der Waals surface area contributed by atoms with Gasteiger partial charge in [-0.2, -0.15) is 5.10 Å². The number of H-pyrrole nitrogens is 1. The number of hydrogen-bond acceptors (Lipinski definition) is 4. The highest BCUT2D eigenvalue weighted by atomic mass is 15.1. The molecule has 0 radical (unpaired) electrons. The van der Waals surface area contributed by atoms with Gasteiger partial charge >= 0.3 is 0 Å². The largest absolute Gasteiger partial charge is 0.274 e. The number of aromatic amines is 1. The van der Waals surface area contributed by atoms with Crippen LogP contribution in [0.5, 0.6) is 0 Å². The van der Waals surface area contributed by atoms with Gasteiger partial charge in [-0.1, -0.05) is 19.3 Å². The van der Waals surface area contributed by atoms with Gasteiger partial charge < -0.3 is 0 Å². The van der Waals surface area contributed by atoms with E-state index in [0.717, 1.165) is 28.1 Å².